The molecule has 0 aliphatic carbocycles. The molecule has 0 aromatic carbocycles. The first-order chi connectivity index (χ1) is 10.7. The van der Waals surface area contributed by atoms with Gasteiger partial charge < -0.3 is 28.4 Å². The summed E-state index contributed by atoms with van der Waals surface area (Å²) in [6.45, 7) is 9.37. The summed E-state index contributed by atoms with van der Waals surface area (Å²) in [5.74, 6) is -1.92. The minimum atomic E-state index is -0.780. The van der Waals surface area contributed by atoms with Gasteiger partial charge in [0.15, 0.2) is 30.1 Å². The third-order valence-electron chi connectivity index (χ3n) is 3.98. The van der Waals surface area contributed by atoms with E-state index in [1.54, 1.807) is 26.8 Å². The van der Waals surface area contributed by atoms with Crippen LogP contribution in [0.2, 0.25) is 0 Å². The fourth-order valence-corrected chi connectivity index (χ4v) is 3.12. The molecule has 0 bridgehead atoms. The molecule has 3 fully saturated rings. The van der Waals surface area contributed by atoms with Crippen molar-refractivity contribution in [3.8, 4) is 0 Å². The number of carbonyl (C=O) groups excluding carboxylic acids is 1. The number of carbonyl (C=O) groups is 1. The predicted molar refractivity (Wildman–Crippen MR) is 78.3 cm³/mol. The highest BCUT2D eigenvalue weighted by molar-refractivity contribution is 5.82. The van der Waals surface area contributed by atoms with E-state index in [0.717, 1.165) is 0 Å². The van der Waals surface area contributed by atoms with Crippen LogP contribution in [0.4, 0.5) is 0 Å². The van der Waals surface area contributed by atoms with Crippen molar-refractivity contribution in [3.63, 3.8) is 0 Å². The number of esters is 1. The molecule has 0 radical (unpaired) electrons. The van der Waals surface area contributed by atoms with Crippen LogP contribution >= 0.6 is 0 Å². The number of hydrogen-bond acceptors (Lipinski definition) is 7. The molecule has 0 spiro atoms. The summed E-state index contributed by atoms with van der Waals surface area (Å²) in [6.07, 6.45) is 0.432. The monoisotopic (exact) mass is 328 g/mol. The lowest BCUT2D eigenvalue weighted by atomic mass is 10.1. The van der Waals surface area contributed by atoms with Crippen LogP contribution < -0.4 is 0 Å². The Hall–Kier alpha value is -0.990. The molecule has 0 aromatic rings. The molecule has 130 valence electrons. The van der Waals surface area contributed by atoms with Crippen LogP contribution in [0.5, 0.6) is 0 Å². The average Bonchev–Trinajstić information content (AvgIpc) is 3.01. The van der Waals surface area contributed by atoms with Crippen molar-refractivity contribution in [2.75, 3.05) is 6.61 Å². The summed E-state index contributed by atoms with van der Waals surface area (Å²) in [5.41, 5.74) is 0. The van der Waals surface area contributed by atoms with Crippen LogP contribution in [-0.2, 0) is 33.2 Å². The molecule has 3 aliphatic rings. The zero-order valence-electron chi connectivity index (χ0n) is 14.1. The normalized spacial score (nSPS) is 41.3. The summed E-state index contributed by atoms with van der Waals surface area (Å²) in [5, 5.41) is 0. The highest BCUT2D eigenvalue weighted by Gasteiger charge is 2.59. The van der Waals surface area contributed by atoms with Crippen LogP contribution in [0.1, 0.15) is 34.6 Å². The van der Waals surface area contributed by atoms with Crippen molar-refractivity contribution in [3.05, 3.63) is 12.2 Å². The molecule has 3 saturated heterocycles. The van der Waals surface area contributed by atoms with Crippen LogP contribution in [0.3, 0.4) is 0 Å². The van der Waals surface area contributed by atoms with Gasteiger partial charge in [-0.25, -0.2) is 4.79 Å². The van der Waals surface area contributed by atoms with Gasteiger partial charge in [-0.15, -0.1) is 0 Å². The maximum Gasteiger partial charge on any atom is 0.330 e. The topological polar surface area (TPSA) is 72.5 Å². The van der Waals surface area contributed by atoms with Gasteiger partial charge in [-0.1, -0.05) is 6.08 Å². The largest absolute Gasteiger partial charge is 0.453 e. The molecule has 7 heteroatoms. The van der Waals surface area contributed by atoms with Crippen molar-refractivity contribution in [2.24, 2.45) is 0 Å². The first kappa shape index (κ1) is 16.9. The van der Waals surface area contributed by atoms with E-state index in [1.165, 1.54) is 6.08 Å². The van der Waals surface area contributed by atoms with E-state index < -0.39 is 42.1 Å². The molecule has 0 unspecified atom stereocenters. The van der Waals surface area contributed by atoms with Crippen molar-refractivity contribution < 1.29 is 33.2 Å². The van der Waals surface area contributed by atoms with Gasteiger partial charge >= 0.3 is 5.97 Å². The summed E-state index contributed by atoms with van der Waals surface area (Å²) in [4.78, 5) is 11.9. The molecule has 5 atom stereocenters. The predicted octanol–water partition coefficient (Wildman–Crippen LogP) is 1.50. The van der Waals surface area contributed by atoms with Crippen LogP contribution in [0, 0.1) is 0 Å². The van der Waals surface area contributed by atoms with Crippen molar-refractivity contribution in [1.29, 1.82) is 0 Å². The molecule has 0 saturated carbocycles. The zero-order chi connectivity index (χ0) is 16.8. The van der Waals surface area contributed by atoms with E-state index >= 15 is 0 Å². The van der Waals surface area contributed by atoms with Gasteiger partial charge in [0.2, 0.25) is 0 Å². The average molecular weight is 328 g/mol. The van der Waals surface area contributed by atoms with E-state index in [1.807, 2.05) is 13.8 Å². The Morgan fingerprint density at radius 2 is 1.83 bits per heavy atom. The third-order valence-corrected chi connectivity index (χ3v) is 3.98. The Kier molecular flexibility index (Phi) is 4.27. The van der Waals surface area contributed by atoms with E-state index in [0.29, 0.717) is 6.61 Å². The smallest absolute Gasteiger partial charge is 0.330 e. The van der Waals surface area contributed by atoms with Gasteiger partial charge in [0.25, 0.3) is 0 Å². The lowest BCUT2D eigenvalue weighted by Crippen LogP contribution is -2.45. The number of hydrogen-bond donors (Lipinski definition) is 0. The van der Waals surface area contributed by atoms with Gasteiger partial charge in [-0.3, -0.25) is 0 Å². The molecule has 3 aliphatic heterocycles. The van der Waals surface area contributed by atoms with E-state index in [4.69, 9.17) is 28.4 Å². The van der Waals surface area contributed by atoms with Gasteiger partial charge in [0, 0.05) is 6.08 Å². The molecule has 23 heavy (non-hydrogen) atoms. The zero-order valence-corrected chi connectivity index (χ0v) is 14.1. The molecule has 3 heterocycles. The lowest BCUT2D eigenvalue weighted by molar-refractivity contribution is -0.234. The van der Waals surface area contributed by atoms with E-state index in [-0.39, 0.29) is 6.10 Å². The van der Waals surface area contributed by atoms with Crippen molar-refractivity contribution >= 4 is 5.97 Å². The Bertz CT molecular complexity index is 499. The molecule has 3 rings (SSSR count). The second-order valence-corrected chi connectivity index (χ2v) is 6.84. The number of ether oxygens (including phenoxy) is 6. The Morgan fingerprint density at radius 1 is 1.09 bits per heavy atom. The minimum absolute atomic E-state index is 0.352. The molecule has 0 aromatic heterocycles. The molecule has 0 N–H and O–H groups in total. The first-order valence-corrected chi connectivity index (χ1v) is 7.87. The summed E-state index contributed by atoms with van der Waals surface area (Å²) in [6, 6.07) is 0. The highest BCUT2D eigenvalue weighted by atomic mass is 16.8. The second kappa shape index (κ2) is 5.82. The molecular weight excluding hydrogens is 304 g/mol. The minimum Gasteiger partial charge on any atom is -0.453 e. The fraction of sp³-hybridized carbons (Fsp3) is 0.812. The van der Waals surface area contributed by atoms with E-state index in [9.17, 15) is 4.79 Å². The summed E-state index contributed by atoms with van der Waals surface area (Å²) >= 11 is 0. The number of rotatable bonds is 3. The number of allylic oxidation sites excluding steroid dienone is 1. The highest BCUT2D eigenvalue weighted by Crippen LogP contribution is 2.41. The molecule has 7 nitrogen and oxygen atoms in total. The van der Waals surface area contributed by atoms with Crippen molar-refractivity contribution in [2.45, 2.75) is 76.9 Å². The van der Waals surface area contributed by atoms with Gasteiger partial charge in [-0.05, 0) is 34.6 Å². The SMILES string of the molecule is C/C=C/C(=O)O[C@@H]1[C@H]2OC(C)(C)O[C@H]2O[C@@H]1[C@H]1COC(C)(C)O1. The van der Waals surface area contributed by atoms with Crippen molar-refractivity contribution in [1.82, 2.24) is 0 Å². The van der Waals surface area contributed by atoms with Gasteiger partial charge in [-0.2, -0.15) is 0 Å². The van der Waals surface area contributed by atoms with Gasteiger partial charge in [0.1, 0.15) is 12.2 Å². The first-order valence-electron chi connectivity index (χ1n) is 7.87. The third kappa shape index (κ3) is 3.44. The Balaban J connectivity index is 1.77. The van der Waals surface area contributed by atoms with Crippen LogP contribution in [-0.4, -0.2) is 54.9 Å². The Morgan fingerprint density at radius 3 is 2.43 bits per heavy atom. The molecular formula is C16H24O7. The van der Waals surface area contributed by atoms with E-state index in [2.05, 4.69) is 0 Å². The quantitative estimate of drug-likeness (QED) is 0.574. The lowest BCUT2D eigenvalue weighted by Gasteiger charge is -2.28. The summed E-state index contributed by atoms with van der Waals surface area (Å²) < 4.78 is 34.5. The standard InChI is InChI=1S/C16H24O7/c1-6-7-10(17)19-12-11(9-8-18-15(2,3)21-9)20-14-13(12)22-16(4,5)23-14/h6-7,9,11-14H,8H2,1-5H3/b7-6+/t9-,11-,12+,13-,14-/m1/s1. The maximum atomic E-state index is 11.9. The Labute approximate surface area is 135 Å². The second-order valence-electron chi connectivity index (χ2n) is 6.84. The number of fused-ring (bicyclic) bond motifs is 1. The van der Waals surface area contributed by atoms with Crippen LogP contribution in [0.25, 0.3) is 0 Å². The maximum absolute atomic E-state index is 11.9. The fourth-order valence-electron chi connectivity index (χ4n) is 3.12. The van der Waals surface area contributed by atoms with Gasteiger partial charge in [0.05, 0.1) is 6.61 Å². The summed E-state index contributed by atoms with van der Waals surface area (Å²) in [7, 11) is 0. The molecule has 0 amide bonds. The van der Waals surface area contributed by atoms with Crippen LogP contribution in [0.15, 0.2) is 12.2 Å².